The zero-order chi connectivity index (χ0) is 10.0. The van der Waals surface area contributed by atoms with Crippen LogP contribution in [-0.4, -0.2) is 21.7 Å². The van der Waals surface area contributed by atoms with Crippen molar-refractivity contribution < 1.29 is 0 Å². The summed E-state index contributed by atoms with van der Waals surface area (Å²) in [6.45, 7) is 2.70. The number of nitrogens with zero attached hydrogens (tertiary/aromatic N) is 2. The fourth-order valence-corrected chi connectivity index (χ4v) is 2.38. The summed E-state index contributed by atoms with van der Waals surface area (Å²) in [6.07, 6.45) is 6.02. The second-order valence-corrected chi connectivity index (χ2v) is 4.43. The summed E-state index contributed by atoms with van der Waals surface area (Å²) < 4.78 is 0. The van der Waals surface area contributed by atoms with E-state index in [9.17, 15) is 0 Å². The minimum absolute atomic E-state index is 0.286. The van der Waals surface area contributed by atoms with Crippen molar-refractivity contribution in [3.63, 3.8) is 0 Å². The molecule has 4 heteroatoms. The van der Waals surface area contributed by atoms with E-state index in [1.54, 1.807) is 0 Å². The fraction of sp³-hybridized carbons (Fsp3) is 0.800. The van der Waals surface area contributed by atoms with Crippen LogP contribution >= 0.6 is 0 Å². The number of aromatic nitrogens is 3. The first-order chi connectivity index (χ1) is 6.74. The van der Waals surface area contributed by atoms with Crippen molar-refractivity contribution in [3.05, 3.63) is 11.6 Å². The van der Waals surface area contributed by atoms with Gasteiger partial charge in [0.05, 0.1) is 0 Å². The number of aryl methyl sites for hydroxylation is 1. The van der Waals surface area contributed by atoms with Crippen LogP contribution in [0.1, 0.15) is 37.3 Å². The first kappa shape index (κ1) is 9.65. The molecule has 1 aromatic heterocycles. The Kier molecular flexibility index (Phi) is 2.54. The van der Waals surface area contributed by atoms with Crippen LogP contribution in [0.2, 0.25) is 0 Å². The van der Waals surface area contributed by atoms with Gasteiger partial charge in [-0.2, -0.15) is 5.10 Å². The first-order valence-electron chi connectivity index (χ1n) is 5.32. The lowest BCUT2D eigenvalue weighted by Gasteiger charge is -2.25. The second-order valence-electron chi connectivity index (χ2n) is 4.43. The summed E-state index contributed by atoms with van der Waals surface area (Å²) >= 11 is 0. The van der Waals surface area contributed by atoms with Gasteiger partial charge in [-0.15, -0.1) is 0 Å². The Morgan fingerprint density at radius 3 is 2.64 bits per heavy atom. The third-order valence-electron chi connectivity index (χ3n) is 3.27. The van der Waals surface area contributed by atoms with E-state index in [2.05, 4.69) is 15.2 Å². The molecule has 4 nitrogen and oxygen atoms in total. The number of hydrogen-bond donors (Lipinski definition) is 2. The van der Waals surface area contributed by atoms with Crippen molar-refractivity contribution in [1.29, 1.82) is 0 Å². The molecule has 0 aromatic carbocycles. The predicted molar refractivity (Wildman–Crippen MR) is 54.8 cm³/mol. The number of H-pyrrole nitrogens is 1. The molecule has 1 heterocycles. The van der Waals surface area contributed by atoms with E-state index in [1.807, 2.05) is 6.92 Å². The number of aromatic amines is 1. The van der Waals surface area contributed by atoms with Gasteiger partial charge in [0.15, 0.2) is 5.82 Å². The van der Waals surface area contributed by atoms with E-state index >= 15 is 0 Å². The molecule has 1 aliphatic rings. The van der Waals surface area contributed by atoms with Crippen molar-refractivity contribution in [2.45, 2.75) is 39.0 Å². The van der Waals surface area contributed by atoms with E-state index in [-0.39, 0.29) is 5.41 Å². The van der Waals surface area contributed by atoms with Crippen LogP contribution in [0, 0.1) is 12.3 Å². The highest BCUT2D eigenvalue weighted by molar-refractivity contribution is 4.97. The number of hydrogen-bond acceptors (Lipinski definition) is 3. The number of rotatable bonds is 3. The lowest BCUT2D eigenvalue weighted by Crippen LogP contribution is -2.30. The molecular formula is C10H18N4. The Morgan fingerprint density at radius 2 is 2.14 bits per heavy atom. The fourth-order valence-electron chi connectivity index (χ4n) is 2.38. The lowest BCUT2D eigenvalue weighted by molar-refractivity contribution is 0.300. The molecule has 78 valence electrons. The van der Waals surface area contributed by atoms with Gasteiger partial charge in [0, 0.05) is 6.42 Å². The van der Waals surface area contributed by atoms with Crippen LogP contribution in [0.3, 0.4) is 0 Å². The lowest BCUT2D eigenvalue weighted by atomic mass is 9.82. The summed E-state index contributed by atoms with van der Waals surface area (Å²) in [7, 11) is 0. The highest BCUT2D eigenvalue weighted by Gasteiger charge is 2.33. The largest absolute Gasteiger partial charge is 0.330 e. The maximum absolute atomic E-state index is 5.86. The average molecular weight is 194 g/mol. The van der Waals surface area contributed by atoms with Gasteiger partial charge < -0.3 is 5.73 Å². The van der Waals surface area contributed by atoms with Gasteiger partial charge in [-0.25, -0.2) is 4.98 Å². The van der Waals surface area contributed by atoms with Crippen molar-refractivity contribution in [2.75, 3.05) is 6.54 Å². The Labute approximate surface area is 84.3 Å². The van der Waals surface area contributed by atoms with Gasteiger partial charge in [0.25, 0.3) is 0 Å². The van der Waals surface area contributed by atoms with Crippen molar-refractivity contribution in [3.8, 4) is 0 Å². The molecule has 0 amide bonds. The van der Waals surface area contributed by atoms with Crippen LogP contribution in [0.5, 0.6) is 0 Å². The van der Waals surface area contributed by atoms with Crippen LogP contribution < -0.4 is 5.73 Å². The van der Waals surface area contributed by atoms with Crippen molar-refractivity contribution >= 4 is 0 Å². The summed E-state index contributed by atoms with van der Waals surface area (Å²) in [5.41, 5.74) is 6.14. The quantitative estimate of drug-likeness (QED) is 0.759. The van der Waals surface area contributed by atoms with Gasteiger partial charge >= 0.3 is 0 Å². The van der Waals surface area contributed by atoms with Gasteiger partial charge in [0.1, 0.15) is 5.82 Å². The van der Waals surface area contributed by atoms with E-state index in [0.717, 1.165) is 24.6 Å². The molecule has 3 N–H and O–H groups in total. The van der Waals surface area contributed by atoms with Crippen LogP contribution in [0.15, 0.2) is 0 Å². The number of nitrogens with one attached hydrogen (secondary N) is 1. The van der Waals surface area contributed by atoms with Gasteiger partial charge in [0.2, 0.25) is 0 Å². The molecule has 0 unspecified atom stereocenters. The topological polar surface area (TPSA) is 67.6 Å². The zero-order valence-corrected chi connectivity index (χ0v) is 8.71. The zero-order valence-electron chi connectivity index (χ0n) is 8.71. The maximum atomic E-state index is 5.86. The monoisotopic (exact) mass is 194 g/mol. The minimum Gasteiger partial charge on any atom is -0.330 e. The van der Waals surface area contributed by atoms with E-state index in [0.29, 0.717) is 0 Å². The molecule has 0 radical (unpaired) electrons. The molecule has 1 aromatic rings. The Morgan fingerprint density at radius 1 is 1.43 bits per heavy atom. The van der Waals surface area contributed by atoms with Crippen molar-refractivity contribution in [2.24, 2.45) is 11.1 Å². The molecule has 0 atom stereocenters. The minimum atomic E-state index is 0.286. The Balaban J connectivity index is 2.08. The standard InChI is InChI=1S/C10H18N4/c1-8-12-9(14-13-8)6-10(7-11)4-2-3-5-10/h2-7,11H2,1H3,(H,12,13,14). The SMILES string of the molecule is Cc1nc(CC2(CN)CCCC2)n[nH]1. The molecule has 1 fully saturated rings. The Hall–Kier alpha value is -0.900. The molecular weight excluding hydrogens is 176 g/mol. The smallest absolute Gasteiger partial charge is 0.151 e. The highest BCUT2D eigenvalue weighted by Crippen LogP contribution is 2.39. The average Bonchev–Trinajstić information content (AvgIpc) is 2.77. The van der Waals surface area contributed by atoms with E-state index < -0.39 is 0 Å². The highest BCUT2D eigenvalue weighted by atomic mass is 15.2. The summed E-state index contributed by atoms with van der Waals surface area (Å²) in [6, 6.07) is 0. The summed E-state index contributed by atoms with van der Waals surface area (Å²) in [5, 5.41) is 7.06. The van der Waals surface area contributed by atoms with E-state index in [1.165, 1.54) is 25.7 Å². The Bertz CT molecular complexity index is 299. The summed E-state index contributed by atoms with van der Waals surface area (Å²) in [4.78, 5) is 4.34. The third-order valence-corrected chi connectivity index (χ3v) is 3.27. The molecule has 0 spiro atoms. The molecule has 0 bridgehead atoms. The normalized spacial score (nSPS) is 20.1. The predicted octanol–water partition coefficient (Wildman–Crippen LogP) is 1.17. The van der Waals surface area contributed by atoms with Gasteiger partial charge in [-0.1, -0.05) is 12.8 Å². The van der Waals surface area contributed by atoms with Crippen LogP contribution in [0.4, 0.5) is 0 Å². The molecule has 1 saturated carbocycles. The maximum Gasteiger partial charge on any atom is 0.151 e. The molecule has 1 aliphatic carbocycles. The molecule has 2 rings (SSSR count). The van der Waals surface area contributed by atoms with Crippen LogP contribution in [-0.2, 0) is 6.42 Å². The molecule has 0 aliphatic heterocycles. The van der Waals surface area contributed by atoms with Gasteiger partial charge in [-0.05, 0) is 31.7 Å². The summed E-state index contributed by atoms with van der Waals surface area (Å²) in [5.74, 6) is 1.82. The van der Waals surface area contributed by atoms with E-state index in [4.69, 9.17) is 5.73 Å². The molecule has 14 heavy (non-hydrogen) atoms. The van der Waals surface area contributed by atoms with Crippen molar-refractivity contribution in [1.82, 2.24) is 15.2 Å². The first-order valence-corrected chi connectivity index (χ1v) is 5.32. The van der Waals surface area contributed by atoms with Crippen LogP contribution in [0.25, 0.3) is 0 Å². The molecule has 0 saturated heterocycles. The third kappa shape index (κ3) is 1.80. The van der Waals surface area contributed by atoms with Gasteiger partial charge in [-0.3, -0.25) is 5.10 Å². The number of nitrogens with two attached hydrogens (primary N) is 1. The second kappa shape index (κ2) is 3.69.